The fraction of sp³-hybridized carbons (Fsp3) is 0.296. The van der Waals surface area contributed by atoms with E-state index in [1.165, 1.54) is 17.3 Å². The van der Waals surface area contributed by atoms with Gasteiger partial charge in [-0.25, -0.2) is 4.98 Å². The molecule has 0 bridgehead atoms. The maximum absolute atomic E-state index is 13.5. The molecule has 0 amide bonds. The van der Waals surface area contributed by atoms with E-state index >= 15 is 0 Å². The van der Waals surface area contributed by atoms with Crippen molar-refractivity contribution >= 4 is 23.4 Å². The number of ether oxygens (including phenoxy) is 2. The molecule has 0 fully saturated rings. The summed E-state index contributed by atoms with van der Waals surface area (Å²) >= 11 is 1.47. The van der Waals surface area contributed by atoms with Gasteiger partial charge in [-0.15, -0.1) is 0 Å². The molecular formula is C27H27N3O4S. The Hall–Kier alpha value is -3.52. The number of hydrogen-bond acceptors (Lipinski definition) is 7. The molecule has 0 saturated heterocycles. The Labute approximate surface area is 208 Å². The lowest BCUT2D eigenvalue weighted by atomic mass is 9.76. The third kappa shape index (κ3) is 4.46. The van der Waals surface area contributed by atoms with Crippen molar-refractivity contribution in [2.75, 3.05) is 19.5 Å². The van der Waals surface area contributed by atoms with Crippen molar-refractivity contribution in [3.05, 3.63) is 86.3 Å². The van der Waals surface area contributed by atoms with Crippen molar-refractivity contribution in [3.63, 3.8) is 0 Å². The van der Waals surface area contributed by atoms with Crippen molar-refractivity contribution in [2.24, 2.45) is 0 Å². The van der Waals surface area contributed by atoms with Gasteiger partial charge in [-0.2, -0.15) is 0 Å². The van der Waals surface area contributed by atoms with Crippen molar-refractivity contribution in [2.45, 2.75) is 43.0 Å². The number of ketones is 1. The van der Waals surface area contributed by atoms with Crippen LogP contribution in [0.5, 0.6) is 11.5 Å². The molecule has 0 saturated carbocycles. The Bertz CT molecular complexity index is 1380. The topological polar surface area (TPSA) is 93.3 Å². The number of carbonyl (C=O) groups is 1. The fourth-order valence-electron chi connectivity index (χ4n) is 4.72. The fourth-order valence-corrected chi connectivity index (χ4v) is 5.54. The number of carbonyl (C=O) groups excluding carboxylic acids is 1. The standard InChI is InChI=1S/C27H27N3O4S/c1-15-7-9-16(10-8-15)14-35-27-29-25-24(26(32)30-27)22(23-19(28-25)5-4-6-20(23)31)18-13-17(33-2)11-12-21(18)34-3/h7-13,22H,4-6,14H2,1-3H3,(H2,28,29,30,32)/t22-/m0/s1. The number of thioether (sulfide) groups is 1. The lowest BCUT2D eigenvalue weighted by Crippen LogP contribution is -2.33. The molecule has 2 heterocycles. The first-order chi connectivity index (χ1) is 17.0. The van der Waals surface area contributed by atoms with Crippen LogP contribution in [0.3, 0.4) is 0 Å². The van der Waals surface area contributed by atoms with E-state index in [-0.39, 0.29) is 11.3 Å². The minimum atomic E-state index is -0.591. The number of benzene rings is 2. The highest BCUT2D eigenvalue weighted by atomic mass is 32.2. The quantitative estimate of drug-likeness (QED) is 0.374. The zero-order valence-electron chi connectivity index (χ0n) is 19.9. The number of allylic oxidation sites excluding steroid dienone is 2. The van der Waals surface area contributed by atoms with Gasteiger partial charge >= 0.3 is 0 Å². The highest BCUT2D eigenvalue weighted by molar-refractivity contribution is 7.98. The van der Waals surface area contributed by atoms with Gasteiger partial charge in [0.1, 0.15) is 17.3 Å². The van der Waals surface area contributed by atoms with E-state index < -0.39 is 5.92 Å². The summed E-state index contributed by atoms with van der Waals surface area (Å²) in [5.74, 6) is 1.83. The number of aromatic nitrogens is 2. The summed E-state index contributed by atoms with van der Waals surface area (Å²) in [7, 11) is 3.17. The van der Waals surface area contributed by atoms with E-state index in [0.717, 1.165) is 24.1 Å². The van der Waals surface area contributed by atoms with Gasteiger partial charge in [0, 0.05) is 29.0 Å². The molecule has 2 N–H and O–H groups in total. The predicted octanol–water partition coefficient (Wildman–Crippen LogP) is 4.95. The summed E-state index contributed by atoms with van der Waals surface area (Å²) in [5.41, 5.74) is 4.66. The van der Waals surface area contributed by atoms with Crippen LogP contribution >= 0.6 is 11.8 Å². The number of anilines is 1. The number of nitrogens with zero attached hydrogens (tertiary/aromatic N) is 1. The maximum Gasteiger partial charge on any atom is 0.257 e. The molecule has 1 aliphatic carbocycles. The van der Waals surface area contributed by atoms with Gasteiger partial charge in [-0.05, 0) is 43.5 Å². The van der Waals surface area contributed by atoms with Crippen molar-refractivity contribution in [1.82, 2.24) is 9.97 Å². The number of aromatic amines is 1. The van der Waals surface area contributed by atoms with Crippen molar-refractivity contribution in [1.29, 1.82) is 0 Å². The van der Waals surface area contributed by atoms with E-state index in [1.54, 1.807) is 26.4 Å². The molecule has 0 radical (unpaired) electrons. The molecule has 1 aliphatic heterocycles. The van der Waals surface area contributed by atoms with Crippen LogP contribution in [0.2, 0.25) is 0 Å². The van der Waals surface area contributed by atoms with E-state index in [0.29, 0.717) is 51.3 Å². The normalized spacial score (nSPS) is 16.9. The molecule has 7 nitrogen and oxygen atoms in total. The van der Waals surface area contributed by atoms with E-state index in [2.05, 4.69) is 41.5 Å². The molecule has 0 unspecified atom stereocenters. The molecule has 180 valence electrons. The Balaban J connectivity index is 1.60. The number of nitrogens with one attached hydrogen (secondary N) is 2. The van der Waals surface area contributed by atoms with Gasteiger partial charge in [0.05, 0.1) is 25.7 Å². The van der Waals surface area contributed by atoms with Gasteiger partial charge in [-0.1, -0.05) is 41.6 Å². The summed E-state index contributed by atoms with van der Waals surface area (Å²) in [6.07, 6.45) is 1.94. The molecular weight excluding hydrogens is 462 g/mol. The first-order valence-corrected chi connectivity index (χ1v) is 12.5. The van der Waals surface area contributed by atoms with Crippen LogP contribution in [-0.2, 0) is 10.5 Å². The highest BCUT2D eigenvalue weighted by Gasteiger charge is 2.39. The number of fused-ring (bicyclic) bond motifs is 1. The Morgan fingerprint density at radius 2 is 1.86 bits per heavy atom. The first kappa shape index (κ1) is 23.2. The second kappa shape index (κ2) is 9.62. The molecule has 8 heteroatoms. The first-order valence-electron chi connectivity index (χ1n) is 11.6. The van der Waals surface area contributed by atoms with Crippen LogP contribution in [-0.4, -0.2) is 30.0 Å². The van der Waals surface area contributed by atoms with E-state index in [1.807, 2.05) is 6.07 Å². The minimum absolute atomic E-state index is 0.0384. The molecule has 5 rings (SSSR count). The number of hydrogen-bond donors (Lipinski definition) is 2. The SMILES string of the molecule is COc1ccc(OC)c([C@H]2C3=C(CCCC3=O)Nc3nc(SCc4ccc(C)cc4)[nH]c(=O)c32)c1. The zero-order valence-corrected chi connectivity index (χ0v) is 20.8. The van der Waals surface area contributed by atoms with E-state index in [4.69, 9.17) is 14.5 Å². The molecule has 1 aromatic heterocycles. The zero-order chi connectivity index (χ0) is 24.5. The third-order valence-corrected chi connectivity index (χ3v) is 7.42. The van der Waals surface area contributed by atoms with Gasteiger partial charge < -0.3 is 19.8 Å². The van der Waals surface area contributed by atoms with Crippen LogP contribution in [0.1, 0.15) is 47.4 Å². The second-order valence-electron chi connectivity index (χ2n) is 8.74. The minimum Gasteiger partial charge on any atom is -0.497 e. The maximum atomic E-state index is 13.5. The van der Waals surface area contributed by atoms with Crippen molar-refractivity contribution in [3.8, 4) is 11.5 Å². The lowest BCUT2D eigenvalue weighted by Gasteiger charge is -2.33. The number of H-pyrrole nitrogens is 1. The third-order valence-electron chi connectivity index (χ3n) is 6.48. The Morgan fingerprint density at radius 1 is 1.06 bits per heavy atom. The molecule has 2 aromatic carbocycles. The van der Waals surface area contributed by atoms with Gasteiger partial charge in [0.15, 0.2) is 10.9 Å². The van der Waals surface area contributed by atoms with Crippen molar-refractivity contribution < 1.29 is 14.3 Å². The van der Waals surface area contributed by atoms with Gasteiger partial charge in [-0.3, -0.25) is 9.59 Å². The van der Waals surface area contributed by atoms with Crippen LogP contribution < -0.4 is 20.3 Å². The number of Topliss-reactive ketones (excluding diaryl/α,β-unsaturated/α-hetero) is 1. The molecule has 3 aromatic rings. The molecule has 35 heavy (non-hydrogen) atoms. The molecule has 0 spiro atoms. The monoisotopic (exact) mass is 489 g/mol. The largest absolute Gasteiger partial charge is 0.497 e. The summed E-state index contributed by atoms with van der Waals surface area (Å²) in [5, 5.41) is 3.86. The Morgan fingerprint density at radius 3 is 2.60 bits per heavy atom. The van der Waals surface area contributed by atoms with Crippen LogP contribution in [0.15, 0.2) is 63.7 Å². The number of methoxy groups -OCH3 is 2. The predicted molar refractivity (Wildman–Crippen MR) is 136 cm³/mol. The smallest absolute Gasteiger partial charge is 0.257 e. The summed E-state index contributed by atoms with van der Waals surface area (Å²) in [4.78, 5) is 34.4. The van der Waals surface area contributed by atoms with Crippen LogP contribution in [0.4, 0.5) is 5.82 Å². The summed E-state index contributed by atoms with van der Waals surface area (Å²) in [6.45, 7) is 2.05. The van der Waals surface area contributed by atoms with Gasteiger partial charge in [0.25, 0.3) is 5.56 Å². The molecule has 1 atom stereocenters. The number of rotatable bonds is 6. The Kier molecular flexibility index (Phi) is 6.38. The average Bonchev–Trinajstić information content (AvgIpc) is 2.87. The van der Waals surface area contributed by atoms with Gasteiger partial charge in [0.2, 0.25) is 0 Å². The lowest BCUT2D eigenvalue weighted by molar-refractivity contribution is -0.116. The van der Waals surface area contributed by atoms with E-state index in [9.17, 15) is 9.59 Å². The number of aryl methyl sites for hydroxylation is 1. The molecule has 2 aliphatic rings. The second-order valence-corrected chi connectivity index (χ2v) is 9.71. The van der Waals surface area contributed by atoms with Crippen LogP contribution in [0.25, 0.3) is 0 Å². The summed E-state index contributed by atoms with van der Waals surface area (Å²) < 4.78 is 11.1. The highest BCUT2D eigenvalue weighted by Crippen LogP contribution is 2.46. The average molecular weight is 490 g/mol. The summed E-state index contributed by atoms with van der Waals surface area (Å²) in [6, 6.07) is 13.7. The van der Waals surface area contributed by atoms with Crippen LogP contribution in [0, 0.1) is 6.92 Å².